The van der Waals surface area contributed by atoms with Crippen molar-refractivity contribution in [1.29, 1.82) is 0 Å². The fourth-order valence-electron chi connectivity index (χ4n) is 6.85. The van der Waals surface area contributed by atoms with E-state index in [-0.39, 0.29) is 12.5 Å². The monoisotopic (exact) mass is 754 g/mol. The summed E-state index contributed by atoms with van der Waals surface area (Å²) in [5, 5.41) is 23.0. The van der Waals surface area contributed by atoms with Gasteiger partial charge >= 0.3 is 0 Å². The van der Waals surface area contributed by atoms with E-state index in [2.05, 4.69) is 67.8 Å². The highest BCUT2D eigenvalue weighted by atomic mass is 16.3. The summed E-state index contributed by atoms with van der Waals surface area (Å²) >= 11 is 0. The first-order valence-electron chi connectivity index (χ1n) is 23.5. The van der Waals surface area contributed by atoms with Crippen molar-refractivity contribution in [2.75, 3.05) is 6.61 Å². The molecule has 2 atom stereocenters. The molecule has 0 aliphatic carbocycles. The Kier molecular flexibility index (Phi) is 43.9. The van der Waals surface area contributed by atoms with Crippen LogP contribution in [0.4, 0.5) is 0 Å². The van der Waals surface area contributed by atoms with E-state index in [4.69, 9.17) is 0 Å². The van der Waals surface area contributed by atoms with E-state index in [0.29, 0.717) is 6.42 Å². The number of rotatable bonds is 42. The number of allylic oxidation sites excluding steroid dienone is 9. The van der Waals surface area contributed by atoms with Crippen LogP contribution in [0.5, 0.6) is 0 Å². The molecule has 0 saturated carbocycles. The molecule has 54 heavy (non-hydrogen) atoms. The Morgan fingerprint density at radius 1 is 0.444 bits per heavy atom. The molecule has 0 fully saturated rings. The number of aliphatic hydroxyl groups excluding tert-OH is 2. The molecule has 3 N–H and O–H groups in total. The van der Waals surface area contributed by atoms with Crippen LogP contribution in [0.3, 0.4) is 0 Å². The molecule has 0 aliphatic rings. The van der Waals surface area contributed by atoms with Gasteiger partial charge in [-0.15, -0.1) is 0 Å². The molecule has 4 heteroatoms. The fraction of sp³-hybridized carbons (Fsp3) is 0.780. The van der Waals surface area contributed by atoms with Gasteiger partial charge < -0.3 is 15.5 Å². The number of carbonyl (C=O) groups is 1. The van der Waals surface area contributed by atoms with Crippen molar-refractivity contribution in [2.45, 2.75) is 244 Å². The third-order valence-electron chi connectivity index (χ3n) is 10.5. The van der Waals surface area contributed by atoms with Crippen LogP contribution in [-0.2, 0) is 4.79 Å². The lowest BCUT2D eigenvalue weighted by Crippen LogP contribution is -2.45. The number of nitrogens with one attached hydrogen (secondary N) is 1. The molecule has 0 radical (unpaired) electrons. The highest BCUT2D eigenvalue weighted by molar-refractivity contribution is 5.76. The lowest BCUT2D eigenvalue weighted by Gasteiger charge is -2.19. The van der Waals surface area contributed by atoms with Gasteiger partial charge in [0, 0.05) is 6.42 Å². The van der Waals surface area contributed by atoms with Crippen LogP contribution in [0.15, 0.2) is 60.8 Å². The number of hydrogen-bond donors (Lipinski definition) is 3. The van der Waals surface area contributed by atoms with Crippen molar-refractivity contribution < 1.29 is 15.0 Å². The summed E-state index contributed by atoms with van der Waals surface area (Å²) in [6, 6.07) is -0.641. The maximum Gasteiger partial charge on any atom is 0.220 e. The van der Waals surface area contributed by atoms with Crippen LogP contribution in [0.2, 0.25) is 0 Å². The van der Waals surface area contributed by atoms with E-state index in [0.717, 1.165) is 44.9 Å². The fourth-order valence-corrected chi connectivity index (χ4v) is 6.85. The Balaban J connectivity index is 3.58. The molecule has 0 aromatic heterocycles. The third-order valence-corrected chi connectivity index (χ3v) is 10.5. The first kappa shape index (κ1) is 52.1. The topological polar surface area (TPSA) is 69.6 Å². The molecule has 314 valence electrons. The summed E-state index contributed by atoms with van der Waals surface area (Å²) in [7, 11) is 0. The van der Waals surface area contributed by atoms with Gasteiger partial charge in [0.05, 0.1) is 18.8 Å². The lowest BCUT2D eigenvalue weighted by atomic mass is 10.0. The van der Waals surface area contributed by atoms with Gasteiger partial charge in [0.15, 0.2) is 0 Å². The number of aliphatic hydroxyl groups is 2. The van der Waals surface area contributed by atoms with Gasteiger partial charge in [-0.3, -0.25) is 4.79 Å². The maximum absolute atomic E-state index is 12.4. The molecule has 0 aromatic rings. The van der Waals surface area contributed by atoms with E-state index in [1.54, 1.807) is 6.08 Å². The molecule has 0 rings (SSSR count). The minimum absolute atomic E-state index is 0.0773. The first-order valence-corrected chi connectivity index (χ1v) is 23.5. The molecule has 1 amide bonds. The van der Waals surface area contributed by atoms with Crippen molar-refractivity contribution in [2.24, 2.45) is 0 Å². The van der Waals surface area contributed by atoms with Gasteiger partial charge in [-0.2, -0.15) is 0 Å². The zero-order chi connectivity index (χ0) is 39.3. The first-order chi connectivity index (χ1) is 26.7. The smallest absolute Gasteiger partial charge is 0.220 e. The van der Waals surface area contributed by atoms with E-state index < -0.39 is 12.1 Å². The average Bonchev–Trinajstić information content (AvgIpc) is 3.18. The van der Waals surface area contributed by atoms with Crippen LogP contribution >= 0.6 is 0 Å². The molecule has 0 spiro atoms. The van der Waals surface area contributed by atoms with Crippen molar-refractivity contribution >= 4 is 5.91 Å². The predicted molar refractivity (Wildman–Crippen MR) is 239 cm³/mol. The highest BCUT2D eigenvalue weighted by Crippen LogP contribution is 2.14. The second-order valence-corrected chi connectivity index (χ2v) is 15.8. The third kappa shape index (κ3) is 41.3. The summed E-state index contributed by atoms with van der Waals surface area (Å²) in [4.78, 5) is 12.4. The Morgan fingerprint density at radius 3 is 1.20 bits per heavy atom. The van der Waals surface area contributed by atoms with Crippen LogP contribution in [-0.4, -0.2) is 34.9 Å². The molecule has 0 bridgehead atoms. The summed E-state index contributed by atoms with van der Waals surface area (Å²) in [6.07, 6.45) is 63.4. The Hall–Kier alpha value is -1.91. The second-order valence-electron chi connectivity index (χ2n) is 15.8. The maximum atomic E-state index is 12.4. The average molecular weight is 754 g/mol. The molecule has 4 nitrogen and oxygen atoms in total. The Bertz CT molecular complexity index is 904. The summed E-state index contributed by atoms with van der Waals surface area (Å²) in [5.41, 5.74) is 0. The number of carbonyl (C=O) groups excluding carboxylic acids is 1. The Labute approximate surface area is 336 Å². The SMILES string of the molecule is CCCCCCC/C=C\C/C=C\C/C=C\CCCCCCCCCCCCCCC(=O)NC(CO)C(O)/C=C/CC/C=C/CCCCCCCCCCC. The quantitative estimate of drug-likeness (QED) is 0.0429. The van der Waals surface area contributed by atoms with E-state index in [1.807, 2.05) is 6.08 Å². The predicted octanol–water partition coefficient (Wildman–Crippen LogP) is 14.9. The number of amides is 1. The molecule has 0 aliphatic heterocycles. The van der Waals surface area contributed by atoms with Crippen LogP contribution in [0, 0.1) is 0 Å². The van der Waals surface area contributed by atoms with E-state index >= 15 is 0 Å². The second kappa shape index (κ2) is 45.5. The van der Waals surface area contributed by atoms with E-state index in [9.17, 15) is 15.0 Å². The van der Waals surface area contributed by atoms with Gasteiger partial charge in [-0.25, -0.2) is 0 Å². The standard InChI is InChI=1S/C50H91NO3/c1-3-5-7-9-11-13-15-17-19-20-21-22-23-24-25-26-27-28-29-30-32-34-36-38-40-42-44-46-50(54)51-48(47-52)49(53)45-43-41-39-37-35-33-31-18-16-14-12-10-8-6-4-2/h15,17,20-21,23-24,35,37,43,45,48-49,52-53H,3-14,16,18-19,22,25-34,36,38-42,44,46-47H2,1-2H3,(H,51,54)/b17-15-,21-20-,24-23-,37-35+,45-43+. The zero-order valence-electron chi connectivity index (χ0n) is 36.0. The number of hydrogen-bond acceptors (Lipinski definition) is 3. The molecule has 2 unspecified atom stereocenters. The van der Waals surface area contributed by atoms with Crippen LogP contribution < -0.4 is 5.32 Å². The van der Waals surface area contributed by atoms with Crippen molar-refractivity contribution in [3.8, 4) is 0 Å². The van der Waals surface area contributed by atoms with E-state index in [1.165, 1.54) is 167 Å². The van der Waals surface area contributed by atoms with Gasteiger partial charge in [-0.05, 0) is 70.6 Å². The Morgan fingerprint density at radius 2 is 0.778 bits per heavy atom. The van der Waals surface area contributed by atoms with Crippen LogP contribution in [0.25, 0.3) is 0 Å². The summed E-state index contributed by atoms with van der Waals surface area (Å²) < 4.78 is 0. The van der Waals surface area contributed by atoms with Crippen molar-refractivity contribution in [3.05, 3.63) is 60.8 Å². The van der Waals surface area contributed by atoms with Crippen molar-refractivity contribution in [3.63, 3.8) is 0 Å². The minimum Gasteiger partial charge on any atom is -0.394 e. The molecule has 0 heterocycles. The highest BCUT2D eigenvalue weighted by Gasteiger charge is 2.17. The van der Waals surface area contributed by atoms with Gasteiger partial charge in [0.25, 0.3) is 0 Å². The minimum atomic E-state index is -0.864. The zero-order valence-corrected chi connectivity index (χ0v) is 36.0. The molecule has 0 aromatic carbocycles. The van der Waals surface area contributed by atoms with Crippen molar-refractivity contribution in [1.82, 2.24) is 5.32 Å². The van der Waals surface area contributed by atoms with Gasteiger partial charge in [-0.1, -0.05) is 216 Å². The van der Waals surface area contributed by atoms with Gasteiger partial charge in [0.2, 0.25) is 5.91 Å². The summed E-state index contributed by atoms with van der Waals surface area (Å²) in [5.74, 6) is -0.0773. The number of unbranched alkanes of at least 4 members (excludes halogenated alkanes) is 27. The normalized spacial score (nSPS) is 13.5. The van der Waals surface area contributed by atoms with Gasteiger partial charge in [0.1, 0.15) is 0 Å². The largest absolute Gasteiger partial charge is 0.394 e. The molecule has 0 saturated heterocycles. The molecular weight excluding hydrogens is 663 g/mol. The lowest BCUT2D eigenvalue weighted by molar-refractivity contribution is -0.123. The summed E-state index contributed by atoms with van der Waals surface area (Å²) in [6.45, 7) is 4.28. The molecular formula is C50H91NO3. The van der Waals surface area contributed by atoms with Crippen LogP contribution in [0.1, 0.15) is 232 Å².